The normalized spacial score (nSPS) is 11.7. The Morgan fingerprint density at radius 2 is 2.00 bits per heavy atom. The molecule has 9 heteroatoms. The smallest absolute Gasteiger partial charge is 0.347 e. The second-order valence-electron chi connectivity index (χ2n) is 7.83. The average Bonchev–Trinajstić information content (AvgIpc) is 3.38. The third-order valence-electron chi connectivity index (χ3n) is 5.15. The fraction of sp³-hybridized carbons (Fsp3) is 0.296. The van der Waals surface area contributed by atoms with Crippen molar-refractivity contribution in [3.63, 3.8) is 0 Å². The molecular formula is C27H29NO7S. The Balaban J connectivity index is 1.85. The van der Waals surface area contributed by atoms with E-state index in [0.29, 0.717) is 23.7 Å². The molecule has 0 aliphatic carbocycles. The predicted octanol–water partition coefficient (Wildman–Crippen LogP) is 5.53. The summed E-state index contributed by atoms with van der Waals surface area (Å²) in [6.07, 6.45) is 1.14. The lowest BCUT2D eigenvalue weighted by molar-refractivity contribution is -0.148. The molecule has 0 radical (unpaired) electrons. The van der Waals surface area contributed by atoms with Gasteiger partial charge in [0.05, 0.1) is 12.8 Å². The first-order chi connectivity index (χ1) is 17.5. The number of carbonyl (C=O) groups is 2. The molecular weight excluding hydrogens is 482 g/mol. The lowest BCUT2D eigenvalue weighted by atomic mass is 9.99. The second-order valence-corrected chi connectivity index (χ2v) is 8.61. The van der Waals surface area contributed by atoms with E-state index in [1.807, 2.05) is 48.0 Å². The van der Waals surface area contributed by atoms with Crippen LogP contribution in [0.3, 0.4) is 0 Å². The van der Waals surface area contributed by atoms with Crippen LogP contribution in [0.2, 0.25) is 0 Å². The maximum atomic E-state index is 11.5. The van der Waals surface area contributed by atoms with Crippen LogP contribution in [0.1, 0.15) is 48.1 Å². The lowest BCUT2D eigenvalue weighted by Crippen LogP contribution is -2.13. The number of oxime groups is 1. The van der Waals surface area contributed by atoms with Crippen molar-refractivity contribution in [3.8, 4) is 11.5 Å². The summed E-state index contributed by atoms with van der Waals surface area (Å²) in [5.41, 5.74) is 3.52. The molecule has 0 aliphatic heterocycles. The standard InChI is InChI=1S/C27H29NO7S/c1-3-32-27(31)17-34-28-15-21-8-9-22(33-16-20-12-13-36-18-20)14-25(21)35-24(10-11-26(29)30)23-7-5-4-6-19(23)2/h4-9,12-15,18,24H,3,10-11,16-17H2,1-2H3,(H,29,30)/t24-/m0/s1. The first kappa shape index (κ1) is 26.7. The Morgan fingerprint density at radius 1 is 1.17 bits per heavy atom. The minimum atomic E-state index is -0.904. The molecule has 3 aromatic rings. The van der Waals surface area contributed by atoms with Crippen molar-refractivity contribution in [2.45, 2.75) is 39.4 Å². The Bertz CT molecular complexity index is 1160. The van der Waals surface area contributed by atoms with Gasteiger partial charge in [0, 0.05) is 18.1 Å². The number of ether oxygens (including phenoxy) is 3. The number of carboxylic acid groups (broad SMARTS) is 1. The van der Waals surface area contributed by atoms with Gasteiger partial charge < -0.3 is 24.2 Å². The van der Waals surface area contributed by atoms with Gasteiger partial charge in [0.15, 0.2) is 0 Å². The van der Waals surface area contributed by atoms with E-state index >= 15 is 0 Å². The maximum absolute atomic E-state index is 11.5. The molecule has 0 unspecified atom stereocenters. The fourth-order valence-corrected chi connectivity index (χ4v) is 4.03. The quantitative estimate of drug-likeness (QED) is 0.172. The topological polar surface area (TPSA) is 104 Å². The van der Waals surface area contributed by atoms with E-state index in [1.54, 1.807) is 36.5 Å². The molecule has 0 fully saturated rings. The SMILES string of the molecule is CCOC(=O)CON=Cc1ccc(OCc2ccsc2)cc1O[C@@H](CCC(=O)O)c1ccccc1C. The van der Waals surface area contributed by atoms with Gasteiger partial charge in [0.1, 0.15) is 24.2 Å². The number of hydrogen-bond acceptors (Lipinski definition) is 8. The van der Waals surface area contributed by atoms with Crippen LogP contribution >= 0.6 is 11.3 Å². The number of esters is 1. The highest BCUT2D eigenvalue weighted by Crippen LogP contribution is 2.32. The number of thiophene rings is 1. The van der Waals surface area contributed by atoms with Gasteiger partial charge in [-0.15, -0.1) is 0 Å². The van der Waals surface area contributed by atoms with Crippen molar-refractivity contribution < 1.29 is 33.7 Å². The summed E-state index contributed by atoms with van der Waals surface area (Å²) in [6.45, 7) is 4.01. The number of benzene rings is 2. The Morgan fingerprint density at radius 3 is 2.72 bits per heavy atom. The fourth-order valence-electron chi connectivity index (χ4n) is 3.38. The van der Waals surface area contributed by atoms with E-state index in [-0.39, 0.29) is 26.1 Å². The number of aliphatic carboxylic acids is 1. The highest BCUT2D eigenvalue weighted by molar-refractivity contribution is 7.07. The van der Waals surface area contributed by atoms with Crippen LogP contribution in [0.15, 0.2) is 64.4 Å². The van der Waals surface area contributed by atoms with E-state index in [1.165, 1.54) is 6.21 Å². The predicted molar refractivity (Wildman–Crippen MR) is 137 cm³/mol. The average molecular weight is 512 g/mol. The monoisotopic (exact) mass is 511 g/mol. The molecule has 3 rings (SSSR count). The highest BCUT2D eigenvalue weighted by atomic mass is 32.1. The molecule has 0 bridgehead atoms. The van der Waals surface area contributed by atoms with Crippen molar-refractivity contribution in [2.24, 2.45) is 5.16 Å². The first-order valence-electron chi connectivity index (χ1n) is 11.5. The van der Waals surface area contributed by atoms with E-state index < -0.39 is 18.0 Å². The number of carboxylic acids is 1. The lowest BCUT2D eigenvalue weighted by Gasteiger charge is -2.22. The number of carbonyl (C=O) groups excluding carboxylic acids is 1. The molecule has 0 saturated heterocycles. The van der Waals surface area contributed by atoms with E-state index in [0.717, 1.165) is 16.7 Å². The molecule has 36 heavy (non-hydrogen) atoms. The van der Waals surface area contributed by atoms with Gasteiger partial charge in [-0.3, -0.25) is 4.79 Å². The summed E-state index contributed by atoms with van der Waals surface area (Å²) >= 11 is 1.59. The molecule has 1 aromatic heterocycles. The van der Waals surface area contributed by atoms with Crippen molar-refractivity contribution in [1.82, 2.24) is 0 Å². The van der Waals surface area contributed by atoms with E-state index in [4.69, 9.17) is 19.0 Å². The molecule has 1 atom stereocenters. The highest BCUT2D eigenvalue weighted by Gasteiger charge is 2.19. The largest absolute Gasteiger partial charge is 0.489 e. The Kier molecular flexibility index (Phi) is 10.3. The summed E-state index contributed by atoms with van der Waals surface area (Å²) < 4.78 is 17.1. The zero-order chi connectivity index (χ0) is 25.8. The number of nitrogens with zero attached hydrogens (tertiary/aromatic N) is 1. The van der Waals surface area contributed by atoms with Crippen LogP contribution in [0.25, 0.3) is 0 Å². The second kappa shape index (κ2) is 13.9. The molecule has 0 saturated carbocycles. The number of rotatable bonds is 14. The Hall–Kier alpha value is -3.85. The third kappa shape index (κ3) is 8.42. The zero-order valence-electron chi connectivity index (χ0n) is 20.2. The molecule has 0 aliphatic rings. The summed E-state index contributed by atoms with van der Waals surface area (Å²) in [4.78, 5) is 27.9. The van der Waals surface area contributed by atoms with Crippen molar-refractivity contribution >= 4 is 29.5 Å². The molecule has 0 amide bonds. The minimum Gasteiger partial charge on any atom is -0.489 e. The van der Waals surface area contributed by atoms with Crippen molar-refractivity contribution in [3.05, 3.63) is 81.5 Å². The summed E-state index contributed by atoms with van der Waals surface area (Å²) in [5, 5.41) is 17.2. The number of hydrogen-bond donors (Lipinski definition) is 1. The minimum absolute atomic E-state index is 0.0561. The van der Waals surface area contributed by atoms with Crippen LogP contribution < -0.4 is 9.47 Å². The summed E-state index contributed by atoms with van der Waals surface area (Å²) in [6, 6.07) is 15.0. The molecule has 1 N–H and O–H groups in total. The molecule has 2 aromatic carbocycles. The summed E-state index contributed by atoms with van der Waals surface area (Å²) in [7, 11) is 0. The van der Waals surface area contributed by atoms with Crippen molar-refractivity contribution in [2.75, 3.05) is 13.2 Å². The molecule has 0 spiro atoms. The van der Waals surface area contributed by atoms with Gasteiger partial charge in [0.25, 0.3) is 0 Å². The van der Waals surface area contributed by atoms with Gasteiger partial charge >= 0.3 is 11.9 Å². The van der Waals surface area contributed by atoms with Gasteiger partial charge in [-0.2, -0.15) is 11.3 Å². The van der Waals surface area contributed by atoms with Gasteiger partial charge in [-0.25, -0.2) is 4.79 Å². The van der Waals surface area contributed by atoms with Crippen LogP contribution in [0.5, 0.6) is 11.5 Å². The van der Waals surface area contributed by atoms with Crippen LogP contribution in [-0.2, 0) is 25.8 Å². The summed E-state index contributed by atoms with van der Waals surface area (Å²) in [5.74, 6) is -0.390. The Labute approximate surface area is 214 Å². The van der Waals surface area contributed by atoms with Crippen LogP contribution in [0, 0.1) is 6.92 Å². The van der Waals surface area contributed by atoms with Gasteiger partial charge in [-0.05, 0) is 65.9 Å². The van der Waals surface area contributed by atoms with Crippen LogP contribution in [0.4, 0.5) is 0 Å². The molecule has 8 nitrogen and oxygen atoms in total. The van der Waals surface area contributed by atoms with E-state index in [2.05, 4.69) is 5.16 Å². The van der Waals surface area contributed by atoms with Gasteiger partial charge in [-0.1, -0.05) is 29.4 Å². The maximum Gasteiger partial charge on any atom is 0.347 e. The van der Waals surface area contributed by atoms with Crippen LogP contribution in [-0.4, -0.2) is 36.5 Å². The molecule has 190 valence electrons. The van der Waals surface area contributed by atoms with Crippen molar-refractivity contribution in [1.29, 1.82) is 0 Å². The third-order valence-corrected chi connectivity index (χ3v) is 5.88. The molecule has 1 heterocycles. The zero-order valence-corrected chi connectivity index (χ0v) is 21.0. The number of aryl methyl sites for hydroxylation is 1. The van der Waals surface area contributed by atoms with Gasteiger partial charge in [0.2, 0.25) is 6.61 Å². The first-order valence-corrected chi connectivity index (χ1v) is 12.4. The van der Waals surface area contributed by atoms with E-state index in [9.17, 15) is 14.7 Å².